The summed E-state index contributed by atoms with van der Waals surface area (Å²) in [7, 11) is 0. The Hall–Kier alpha value is -0.820. The predicted octanol–water partition coefficient (Wildman–Crippen LogP) is 3.71. The van der Waals surface area contributed by atoms with Gasteiger partial charge in [0.15, 0.2) is 0 Å². The number of aryl methyl sites for hydroxylation is 1. The van der Waals surface area contributed by atoms with Crippen molar-refractivity contribution in [1.29, 1.82) is 0 Å². The maximum Gasteiger partial charge on any atom is 0.00682 e. The Labute approximate surface area is 106 Å². The molecule has 1 heteroatoms. The van der Waals surface area contributed by atoms with Crippen molar-refractivity contribution in [3.05, 3.63) is 35.4 Å². The van der Waals surface area contributed by atoms with Crippen molar-refractivity contribution in [2.75, 3.05) is 6.54 Å². The van der Waals surface area contributed by atoms with Gasteiger partial charge in [0, 0.05) is 6.04 Å². The summed E-state index contributed by atoms with van der Waals surface area (Å²) < 4.78 is 0. The summed E-state index contributed by atoms with van der Waals surface area (Å²) in [6.07, 6.45) is 5.22. The zero-order valence-corrected chi connectivity index (χ0v) is 11.4. The molecule has 0 atom stereocenters. The first-order valence-corrected chi connectivity index (χ1v) is 6.85. The van der Waals surface area contributed by atoms with Gasteiger partial charge in [0.1, 0.15) is 0 Å². The maximum atomic E-state index is 3.61. The molecule has 1 aliphatic carbocycles. The average molecular weight is 231 g/mol. The molecule has 2 rings (SSSR count). The fourth-order valence-corrected chi connectivity index (χ4v) is 2.31. The van der Waals surface area contributed by atoms with E-state index in [4.69, 9.17) is 0 Å². The van der Waals surface area contributed by atoms with Crippen LogP contribution in [-0.2, 0) is 6.42 Å². The first kappa shape index (κ1) is 12.6. The van der Waals surface area contributed by atoms with E-state index in [1.54, 1.807) is 0 Å². The van der Waals surface area contributed by atoms with Crippen molar-refractivity contribution in [2.24, 2.45) is 5.41 Å². The fraction of sp³-hybridized carbons (Fsp3) is 0.625. The number of benzene rings is 1. The first-order valence-electron chi connectivity index (χ1n) is 6.85. The molecule has 1 aromatic rings. The van der Waals surface area contributed by atoms with E-state index >= 15 is 0 Å². The van der Waals surface area contributed by atoms with Gasteiger partial charge in [-0.1, -0.05) is 38.1 Å². The second kappa shape index (κ2) is 5.22. The van der Waals surface area contributed by atoms with Gasteiger partial charge in [-0.05, 0) is 55.7 Å². The molecule has 0 spiro atoms. The van der Waals surface area contributed by atoms with Crippen molar-refractivity contribution in [3.8, 4) is 0 Å². The number of hydrogen-bond acceptors (Lipinski definition) is 1. The van der Waals surface area contributed by atoms with Crippen LogP contribution in [0.15, 0.2) is 24.3 Å². The number of nitrogens with one attached hydrogen (secondary N) is 1. The van der Waals surface area contributed by atoms with E-state index in [9.17, 15) is 0 Å². The third-order valence-corrected chi connectivity index (χ3v) is 3.74. The lowest BCUT2D eigenvalue weighted by atomic mass is 9.81. The van der Waals surface area contributed by atoms with Crippen molar-refractivity contribution >= 4 is 0 Å². The van der Waals surface area contributed by atoms with Crippen LogP contribution < -0.4 is 5.32 Å². The standard InChI is InChI=1S/C16H25N/c1-13-6-4-5-7-14(13)12-16(2,3)10-11-17-15-8-9-15/h4-7,15,17H,8-12H2,1-3H3. The van der Waals surface area contributed by atoms with Gasteiger partial charge in [-0.3, -0.25) is 0 Å². The number of hydrogen-bond donors (Lipinski definition) is 1. The summed E-state index contributed by atoms with van der Waals surface area (Å²) in [6.45, 7) is 8.15. The highest BCUT2D eigenvalue weighted by Crippen LogP contribution is 2.27. The van der Waals surface area contributed by atoms with Gasteiger partial charge in [-0.2, -0.15) is 0 Å². The molecule has 1 saturated carbocycles. The van der Waals surface area contributed by atoms with Crippen LogP contribution >= 0.6 is 0 Å². The minimum absolute atomic E-state index is 0.397. The SMILES string of the molecule is Cc1ccccc1CC(C)(C)CCNC1CC1. The lowest BCUT2D eigenvalue weighted by molar-refractivity contribution is 0.324. The van der Waals surface area contributed by atoms with Crippen LogP contribution in [0, 0.1) is 12.3 Å². The Kier molecular flexibility index (Phi) is 3.88. The quantitative estimate of drug-likeness (QED) is 0.787. The van der Waals surface area contributed by atoms with Crippen molar-refractivity contribution in [2.45, 2.75) is 52.5 Å². The molecule has 17 heavy (non-hydrogen) atoms. The molecule has 0 heterocycles. The molecule has 0 aromatic heterocycles. The van der Waals surface area contributed by atoms with Crippen LogP contribution in [0.25, 0.3) is 0 Å². The first-order chi connectivity index (χ1) is 8.07. The van der Waals surface area contributed by atoms with Crippen molar-refractivity contribution in [3.63, 3.8) is 0 Å². The van der Waals surface area contributed by atoms with Gasteiger partial charge >= 0.3 is 0 Å². The highest BCUT2D eigenvalue weighted by atomic mass is 14.9. The molecule has 1 nitrogen and oxygen atoms in total. The summed E-state index contributed by atoms with van der Waals surface area (Å²) >= 11 is 0. The fourth-order valence-electron chi connectivity index (χ4n) is 2.31. The Bertz CT molecular complexity index is 364. The molecular weight excluding hydrogens is 206 g/mol. The topological polar surface area (TPSA) is 12.0 Å². The largest absolute Gasteiger partial charge is 0.314 e. The highest BCUT2D eigenvalue weighted by molar-refractivity contribution is 5.26. The maximum absolute atomic E-state index is 3.61. The smallest absolute Gasteiger partial charge is 0.00682 e. The monoisotopic (exact) mass is 231 g/mol. The van der Waals surface area contributed by atoms with Crippen molar-refractivity contribution < 1.29 is 0 Å². The third kappa shape index (κ3) is 4.16. The zero-order chi connectivity index (χ0) is 12.3. The molecule has 94 valence electrons. The summed E-state index contributed by atoms with van der Waals surface area (Å²) in [5.41, 5.74) is 3.33. The van der Waals surface area contributed by atoms with E-state index in [0.29, 0.717) is 5.41 Å². The van der Waals surface area contributed by atoms with Crippen LogP contribution in [0.5, 0.6) is 0 Å². The van der Waals surface area contributed by atoms with Crippen molar-refractivity contribution in [1.82, 2.24) is 5.32 Å². The summed E-state index contributed by atoms with van der Waals surface area (Å²) in [5.74, 6) is 0. The highest BCUT2D eigenvalue weighted by Gasteiger charge is 2.23. The second-order valence-electron chi connectivity index (χ2n) is 6.25. The zero-order valence-electron chi connectivity index (χ0n) is 11.4. The molecular formula is C16H25N. The molecule has 0 radical (unpaired) electrons. The Morgan fingerprint density at radius 2 is 1.94 bits per heavy atom. The summed E-state index contributed by atoms with van der Waals surface area (Å²) in [6, 6.07) is 9.60. The molecule has 1 aliphatic rings. The van der Waals surface area contributed by atoms with E-state index in [2.05, 4.69) is 50.4 Å². The van der Waals surface area contributed by atoms with E-state index < -0.39 is 0 Å². The molecule has 0 saturated heterocycles. The minimum atomic E-state index is 0.397. The molecule has 1 N–H and O–H groups in total. The van der Waals surface area contributed by atoms with Gasteiger partial charge in [-0.15, -0.1) is 0 Å². The van der Waals surface area contributed by atoms with Crippen LogP contribution in [0.4, 0.5) is 0 Å². The second-order valence-corrected chi connectivity index (χ2v) is 6.25. The third-order valence-electron chi connectivity index (χ3n) is 3.74. The van der Waals surface area contributed by atoms with Gasteiger partial charge in [0.25, 0.3) is 0 Å². The lowest BCUT2D eigenvalue weighted by Gasteiger charge is -2.25. The molecule has 1 aromatic carbocycles. The van der Waals surface area contributed by atoms with Gasteiger partial charge in [-0.25, -0.2) is 0 Å². The molecule has 0 aliphatic heterocycles. The van der Waals surface area contributed by atoms with Crippen LogP contribution in [0.2, 0.25) is 0 Å². The van der Waals surface area contributed by atoms with E-state index in [0.717, 1.165) is 6.04 Å². The van der Waals surface area contributed by atoms with Crippen LogP contribution in [0.1, 0.15) is 44.2 Å². The molecule has 0 amide bonds. The Balaban J connectivity index is 1.84. The minimum Gasteiger partial charge on any atom is -0.314 e. The predicted molar refractivity (Wildman–Crippen MR) is 74.3 cm³/mol. The molecule has 1 fully saturated rings. The summed E-state index contributed by atoms with van der Waals surface area (Å²) in [5, 5.41) is 3.61. The Morgan fingerprint density at radius 3 is 2.59 bits per heavy atom. The van der Waals surface area contributed by atoms with E-state index in [-0.39, 0.29) is 0 Å². The van der Waals surface area contributed by atoms with E-state index in [1.807, 2.05) is 0 Å². The Morgan fingerprint density at radius 1 is 1.24 bits per heavy atom. The number of rotatable bonds is 6. The van der Waals surface area contributed by atoms with Gasteiger partial charge < -0.3 is 5.32 Å². The average Bonchev–Trinajstić information content (AvgIpc) is 3.05. The molecule has 0 bridgehead atoms. The normalized spacial score (nSPS) is 16.2. The van der Waals surface area contributed by atoms with Crippen LogP contribution in [0.3, 0.4) is 0 Å². The van der Waals surface area contributed by atoms with Crippen LogP contribution in [-0.4, -0.2) is 12.6 Å². The lowest BCUT2D eigenvalue weighted by Crippen LogP contribution is -2.25. The summed E-state index contributed by atoms with van der Waals surface area (Å²) in [4.78, 5) is 0. The van der Waals surface area contributed by atoms with Gasteiger partial charge in [0.2, 0.25) is 0 Å². The van der Waals surface area contributed by atoms with E-state index in [1.165, 1.54) is 43.4 Å². The van der Waals surface area contributed by atoms with Gasteiger partial charge in [0.05, 0.1) is 0 Å². The molecule has 0 unspecified atom stereocenters.